The zero-order chi connectivity index (χ0) is 50.9. The predicted molar refractivity (Wildman–Crippen MR) is 275 cm³/mol. The van der Waals surface area contributed by atoms with E-state index in [0.717, 1.165) is 57.8 Å². The van der Waals surface area contributed by atoms with Crippen LogP contribution in [0.4, 0.5) is 0 Å². The van der Waals surface area contributed by atoms with E-state index in [0.29, 0.717) is 13.0 Å². The predicted octanol–water partition coefficient (Wildman–Crippen LogP) is 9.36. The largest absolute Gasteiger partial charge is 0.457 e. The monoisotopic (exact) mass is 999 g/mol. The van der Waals surface area contributed by atoms with E-state index < -0.39 is 80.7 Å². The molecular weight excluding hydrogens is 897 g/mol. The number of carbonyl (C=O) groups excluding carboxylic acids is 1. The standard InChI is InChI=1S/C56H102O14/c1-3-5-7-9-11-13-15-17-19-21-22-23-24-26-28-30-32-34-36-38-40-65-42-45(68-48(58)39-37-35-33-31-29-27-25-20-18-16-14-12-10-8-6-4-2)43-66-55-54(64)52(62)50(60)47(70-55)44-67-56-53(63)51(61)49(59)46(41-57)69-56/h11,13,17,19,22-23,45-47,49-57,59-64H,3-10,12,14-16,18,20-21,24-44H2,1-2H3/b13-11-,19-17-,23-22-. The van der Waals surface area contributed by atoms with Gasteiger partial charge in [0, 0.05) is 13.0 Å². The normalized spacial score (nSPS) is 25.7. The van der Waals surface area contributed by atoms with Crippen molar-refractivity contribution in [1.29, 1.82) is 0 Å². The maximum Gasteiger partial charge on any atom is 0.306 e. The summed E-state index contributed by atoms with van der Waals surface area (Å²) < 4.78 is 34.4. The number of ether oxygens (including phenoxy) is 6. The minimum atomic E-state index is -1.71. The molecule has 2 fully saturated rings. The third kappa shape index (κ3) is 30.4. The van der Waals surface area contributed by atoms with E-state index in [2.05, 4.69) is 50.3 Å². The molecular formula is C56H102O14. The molecule has 2 saturated heterocycles. The third-order valence-corrected chi connectivity index (χ3v) is 13.4. The maximum atomic E-state index is 13.0. The smallest absolute Gasteiger partial charge is 0.306 e. The first kappa shape index (κ1) is 64.3. The molecule has 0 aliphatic carbocycles. The van der Waals surface area contributed by atoms with Crippen molar-refractivity contribution in [2.45, 2.75) is 280 Å². The zero-order valence-electron chi connectivity index (χ0n) is 43.8. The van der Waals surface area contributed by atoms with E-state index >= 15 is 0 Å². The van der Waals surface area contributed by atoms with Crippen molar-refractivity contribution in [2.24, 2.45) is 0 Å². The van der Waals surface area contributed by atoms with Gasteiger partial charge in [-0.15, -0.1) is 0 Å². The van der Waals surface area contributed by atoms with Gasteiger partial charge in [0.1, 0.15) is 54.9 Å². The van der Waals surface area contributed by atoms with Crippen LogP contribution in [0.1, 0.15) is 213 Å². The molecule has 0 bridgehead atoms. The Hall–Kier alpha value is -1.79. The van der Waals surface area contributed by atoms with Crippen molar-refractivity contribution in [3.05, 3.63) is 36.5 Å². The molecule has 2 heterocycles. The first-order valence-electron chi connectivity index (χ1n) is 28.1. The first-order valence-corrected chi connectivity index (χ1v) is 28.1. The molecule has 2 aliphatic rings. The van der Waals surface area contributed by atoms with E-state index in [1.165, 1.54) is 128 Å². The zero-order valence-corrected chi connectivity index (χ0v) is 43.8. The van der Waals surface area contributed by atoms with Gasteiger partial charge < -0.3 is 64.2 Å². The minimum Gasteiger partial charge on any atom is -0.457 e. The Morgan fingerprint density at radius 2 is 0.886 bits per heavy atom. The minimum absolute atomic E-state index is 0.0574. The van der Waals surface area contributed by atoms with Crippen molar-refractivity contribution in [3.63, 3.8) is 0 Å². The van der Waals surface area contributed by atoms with Crippen molar-refractivity contribution in [3.8, 4) is 0 Å². The Morgan fingerprint density at radius 1 is 0.471 bits per heavy atom. The summed E-state index contributed by atoms with van der Waals surface area (Å²) in [5.41, 5.74) is 0. The van der Waals surface area contributed by atoms with E-state index in [4.69, 9.17) is 28.4 Å². The second-order valence-electron chi connectivity index (χ2n) is 19.8. The van der Waals surface area contributed by atoms with Gasteiger partial charge in [-0.3, -0.25) is 4.79 Å². The van der Waals surface area contributed by atoms with Crippen molar-refractivity contribution in [2.75, 3.05) is 33.0 Å². The molecule has 0 aromatic rings. The summed E-state index contributed by atoms with van der Waals surface area (Å²) in [5, 5.41) is 72.3. The quantitative estimate of drug-likeness (QED) is 0.0172. The summed E-state index contributed by atoms with van der Waals surface area (Å²) in [4.78, 5) is 13.0. The number of aliphatic hydroxyl groups excluding tert-OH is 7. The van der Waals surface area contributed by atoms with Gasteiger partial charge in [-0.05, 0) is 51.4 Å². The molecule has 70 heavy (non-hydrogen) atoms. The molecule has 11 atom stereocenters. The van der Waals surface area contributed by atoms with Crippen LogP contribution in [0.2, 0.25) is 0 Å². The Bertz CT molecular complexity index is 1300. The fourth-order valence-corrected chi connectivity index (χ4v) is 8.82. The van der Waals surface area contributed by atoms with Gasteiger partial charge in [-0.1, -0.05) is 192 Å². The lowest BCUT2D eigenvalue weighted by Crippen LogP contribution is -2.61. The first-order chi connectivity index (χ1) is 34.1. The molecule has 0 aromatic heterocycles. The molecule has 2 aliphatic heterocycles. The Kier molecular flexibility index (Phi) is 40.1. The van der Waals surface area contributed by atoms with Crippen LogP contribution in [0.25, 0.3) is 0 Å². The van der Waals surface area contributed by atoms with Gasteiger partial charge in [-0.25, -0.2) is 0 Å². The molecule has 0 amide bonds. The maximum absolute atomic E-state index is 13.0. The van der Waals surface area contributed by atoms with Gasteiger partial charge in [-0.2, -0.15) is 0 Å². The second-order valence-corrected chi connectivity index (χ2v) is 19.8. The highest BCUT2D eigenvalue weighted by Gasteiger charge is 2.47. The van der Waals surface area contributed by atoms with Crippen molar-refractivity contribution in [1.82, 2.24) is 0 Å². The van der Waals surface area contributed by atoms with Crippen LogP contribution >= 0.6 is 0 Å². The summed E-state index contributed by atoms with van der Waals surface area (Å²) in [6, 6.07) is 0. The van der Waals surface area contributed by atoms with E-state index in [9.17, 15) is 40.5 Å². The summed E-state index contributed by atoms with van der Waals surface area (Å²) in [7, 11) is 0. The molecule has 410 valence electrons. The lowest BCUT2D eigenvalue weighted by atomic mass is 9.98. The van der Waals surface area contributed by atoms with Crippen LogP contribution in [0.5, 0.6) is 0 Å². The van der Waals surface area contributed by atoms with Crippen molar-refractivity contribution < 1.29 is 69.0 Å². The molecule has 0 saturated carbocycles. The van der Waals surface area contributed by atoms with Gasteiger partial charge >= 0.3 is 5.97 Å². The molecule has 0 radical (unpaired) electrons. The van der Waals surface area contributed by atoms with Crippen molar-refractivity contribution >= 4 is 5.97 Å². The molecule has 0 spiro atoms. The SMILES string of the molecule is CCCCC/C=C\C/C=C\C/C=C\CCCCCCCCCOCC(COC1OC(COC2OC(CO)C(O)C(O)C2O)C(O)C(O)C1O)OC(=O)CCCCCCCCCCCCCCCCCC. The molecule has 2 rings (SSSR count). The Balaban J connectivity index is 1.74. The Morgan fingerprint density at radius 3 is 1.41 bits per heavy atom. The van der Waals surface area contributed by atoms with Gasteiger partial charge in [0.2, 0.25) is 0 Å². The number of hydrogen-bond donors (Lipinski definition) is 7. The van der Waals surface area contributed by atoms with E-state index in [1.54, 1.807) is 0 Å². The van der Waals surface area contributed by atoms with Gasteiger partial charge in [0.05, 0.1) is 26.4 Å². The highest BCUT2D eigenvalue weighted by Crippen LogP contribution is 2.26. The lowest BCUT2D eigenvalue weighted by molar-refractivity contribution is -0.332. The lowest BCUT2D eigenvalue weighted by Gasteiger charge is -2.42. The number of allylic oxidation sites excluding steroid dienone is 6. The highest BCUT2D eigenvalue weighted by atomic mass is 16.7. The van der Waals surface area contributed by atoms with Crippen LogP contribution in [-0.2, 0) is 33.2 Å². The van der Waals surface area contributed by atoms with E-state index in [-0.39, 0.29) is 25.6 Å². The van der Waals surface area contributed by atoms with E-state index in [1.807, 2.05) is 0 Å². The number of rotatable bonds is 45. The molecule has 14 nitrogen and oxygen atoms in total. The molecule has 14 heteroatoms. The average molecular weight is 999 g/mol. The molecule has 0 aromatic carbocycles. The summed E-state index contributed by atoms with van der Waals surface area (Å²) in [6.45, 7) is 3.66. The Labute approximate surface area is 423 Å². The number of carbonyl (C=O) groups is 1. The van der Waals surface area contributed by atoms with Crippen LogP contribution in [0.15, 0.2) is 36.5 Å². The number of hydrogen-bond acceptors (Lipinski definition) is 14. The summed E-state index contributed by atoms with van der Waals surface area (Å²) in [5.74, 6) is -0.377. The highest BCUT2D eigenvalue weighted by molar-refractivity contribution is 5.69. The van der Waals surface area contributed by atoms with Crippen LogP contribution in [-0.4, -0.2) is 142 Å². The topological polar surface area (TPSA) is 214 Å². The van der Waals surface area contributed by atoms with Crippen LogP contribution in [0, 0.1) is 0 Å². The average Bonchev–Trinajstić information content (AvgIpc) is 3.36. The molecule has 11 unspecified atom stereocenters. The van der Waals surface area contributed by atoms with Crippen LogP contribution < -0.4 is 0 Å². The summed E-state index contributed by atoms with van der Waals surface area (Å²) in [6.07, 6.45) is 33.4. The second kappa shape index (κ2) is 43.6. The molecule has 7 N–H and O–H groups in total. The number of unbranched alkanes of at least 4 members (excludes halogenated alkanes) is 25. The third-order valence-electron chi connectivity index (χ3n) is 13.4. The fourth-order valence-electron chi connectivity index (χ4n) is 8.82. The number of esters is 1. The fraction of sp³-hybridized carbons (Fsp3) is 0.875. The number of aliphatic hydroxyl groups is 7. The van der Waals surface area contributed by atoms with Crippen LogP contribution in [0.3, 0.4) is 0 Å². The van der Waals surface area contributed by atoms with Gasteiger partial charge in [0.15, 0.2) is 12.6 Å². The van der Waals surface area contributed by atoms with Gasteiger partial charge in [0.25, 0.3) is 0 Å². The summed E-state index contributed by atoms with van der Waals surface area (Å²) >= 11 is 0.